The summed E-state index contributed by atoms with van der Waals surface area (Å²) in [6.45, 7) is 4.55. The van der Waals surface area contributed by atoms with Crippen molar-refractivity contribution < 1.29 is 0 Å². The minimum absolute atomic E-state index is 0.444. The van der Waals surface area contributed by atoms with E-state index in [2.05, 4.69) is 13.8 Å². The monoisotopic (exact) mass is 139 g/mol. The Morgan fingerprint density at radius 2 is 2.10 bits per heavy atom. The molecule has 0 aromatic heterocycles. The lowest BCUT2D eigenvalue weighted by Gasteiger charge is -2.34. The second-order valence-electron chi connectivity index (χ2n) is 4.28. The Hall–Kier alpha value is -0.0400. The molecule has 3 saturated carbocycles. The Kier molecular flexibility index (Phi) is 1.31. The van der Waals surface area contributed by atoms with Gasteiger partial charge in [-0.25, -0.2) is 0 Å². The second kappa shape index (κ2) is 1.97. The molecule has 3 rings (SSSR count). The molecule has 2 bridgehead atoms. The minimum Gasteiger partial charge on any atom is -0.328 e. The molecule has 3 aliphatic rings. The van der Waals surface area contributed by atoms with Gasteiger partial charge in [0.2, 0.25) is 0 Å². The summed E-state index contributed by atoms with van der Waals surface area (Å²) in [6, 6.07) is 0.444. The lowest BCUT2D eigenvalue weighted by molar-refractivity contribution is 0.153. The van der Waals surface area contributed by atoms with Crippen molar-refractivity contribution in [2.45, 2.75) is 32.7 Å². The van der Waals surface area contributed by atoms with Crippen LogP contribution in [-0.2, 0) is 0 Å². The molecule has 0 amide bonds. The van der Waals surface area contributed by atoms with Gasteiger partial charge < -0.3 is 5.73 Å². The first-order chi connectivity index (χ1) is 4.70. The van der Waals surface area contributed by atoms with Gasteiger partial charge in [-0.3, -0.25) is 0 Å². The zero-order valence-corrected chi connectivity index (χ0v) is 6.88. The van der Waals surface area contributed by atoms with E-state index < -0.39 is 0 Å². The molecule has 0 aromatic rings. The molecule has 58 valence electrons. The van der Waals surface area contributed by atoms with Gasteiger partial charge >= 0.3 is 0 Å². The van der Waals surface area contributed by atoms with Gasteiger partial charge in [0.1, 0.15) is 0 Å². The zero-order valence-electron chi connectivity index (χ0n) is 6.88. The summed E-state index contributed by atoms with van der Waals surface area (Å²) < 4.78 is 0. The molecule has 0 saturated heterocycles. The topological polar surface area (TPSA) is 26.0 Å². The molecular formula is C9H17N. The van der Waals surface area contributed by atoms with E-state index >= 15 is 0 Å². The molecule has 0 aliphatic heterocycles. The number of hydrogen-bond acceptors (Lipinski definition) is 1. The SMILES string of the molecule is CC(N)C1CC2CC1[C@H]2C. The predicted octanol–water partition coefficient (Wildman–Crippen LogP) is 1.63. The van der Waals surface area contributed by atoms with Crippen molar-refractivity contribution in [1.29, 1.82) is 0 Å². The summed E-state index contributed by atoms with van der Waals surface area (Å²) in [5, 5.41) is 0. The van der Waals surface area contributed by atoms with Crippen molar-refractivity contribution in [1.82, 2.24) is 0 Å². The summed E-state index contributed by atoms with van der Waals surface area (Å²) in [6.07, 6.45) is 2.90. The largest absolute Gasteiger partial charge is 0.328 e. The van der Waals surface area contributed by atoms with Crippen LogP contribution < -0.4 is 5.73 Å². The highest BCUT2D eigenvalue weighted by Crippen LogP contribution is 2.57. The summed E-state index contributed by atoms with van der Waals surface area (Å²) in [7, 11) is 0. The standard InChI is InChI=1S/C9H17N/c1-5-7-3-8(5)9(4-7)6(2)10/h5-9H,3-4,10H2,1-2H3/t5-,6?,7?,8?,9?/m0/s1. The van der Waals surface area contributed by atoms with E-state index in [1.54, 1.807) is 0 Å². The number of nitrogens with two attached hydrogens (primary N) is 1. The van der Waals surface area contributed by atoms with E-state index in [0.29, 0.717) is 6.04 Å². The molecule has 3 aliphatic carbocycles. The highest BCUT2D eigenvalue weighted by atomic mass is 14.7. The van der Waals surface area contributed by atoms with Crippen LogP contribution in [0, 0.1) is 23.7 Å². The summed E-state index contributed by atoms with van der Waals surface area (Å²) in [5.41, 5.74) is 5.88. The summed E-state index contributed by atoms with van der Waals surface area (Å²) in [5.74, 6) is 3.89. The van der Waals surface area contributed by atoms with Crippen molar-refractivity contribution in [3.05, 3.63) is 0 Å². The third-order valence-electron chi connectivity index (χ3n) is 3.79. The maximum absolute atomic E-state index is 5.88. The van der Waals surface area contributed by atoms with Crippen LogP contribution in [0.5, 0.6) is 0 Å². The highest BCUT2D eigenvalue weighted by molar-refractivity contribution is 5.01. The molecule has 0 radical (unpaired) electrons. The van der Waals surface area contributed by atoms with Gasteiger partial charge in [0, 0.05) is 6.04 Å². The average Bonchev–Trinajstić information content (AvgIpc) is 2.40. The maximum atomic E-state index is 5.88. The highest BCUT2D eigenvalue weighted by Gasteiger charge is 2.51. The molecule has 10 heavy (non-hydrogen) atoms. The summed E-state index contributed by atoms with van der Waals surface area (Å²) >= 11 is 0. The van der Waals surface area contributed by atoms with E-state index in [1.165, 1.54) is 12.8 Å². The van der Waals surface area contributed by atoms with Crippen molar-refractivity contribution in [2.24, 2.45) is 29.4 Å². The molecule has 1 heteroatoms. The fraction of sp³-hybridized carbons (Fsp3) is 1.00. The molecule has 0 heterocycles. The average molecular weight is 139 g/mol. The number of hydrogen-bond donors (Lipinski definition) is 1. The van der Waals surface area contributed by atoms with Crippen molar-refractivity contribution >= 4 is 0 Å². The van der Waals surface area contributed by atoms with Crippen LogP contribution in [0.3, 0.4) is 0 Å². The second-order valence-corrected chi connectivity index (χ2v) is 4.28. The van der Waals surface area contributed by atoms with E-state index in [1.807, 2.05) is 0 Å². The number of rotatable bonds is 1. The van der Waals surface area contributed by atoms with Crippen LogP contribution in [-0.4, -0.2) is 6.04 Å². The van der Waals surface area contributed by atoms with Gasteiger partial charge in [-0.05, 0) is 43.4 Å². The van der Waals surface area contributed by atoms with Gasteiger partial charge in [0.25, 0.3) is 0 Å². The van der Waals surface area contributed by atoms with Crippen molar-refractivity contribution in [2.75, 3.05) is 0 Å². The fourth-order valence-corrected chi connectivity index (χ4v) is 2.94. The quantitative estimate of drug-likeness (QED) is 0.587. The molecule has 2 N–H and O–H groups in total. The molecular weight excluding hydrogens is 122 g/mol. The van der Waals surface area contributed by atoms with Gasteiger partial charge in [-0.1, -0.05) is 6.92 Å². The Labute approximate surface area is 63.0 Å². The Morgan fingerprint density at radius 3 is 2.30 bits per heavy atom. The van der Waals surface area contributed by atoms with Gasteiger partial charge in [0.05, 0.1) is 0 Å². The molecule has 0 aromatic carbocycles. The van der Waals surface area contributed by atoms with E-state index in [9.17, 15) is 0 Å². The first-order valence-electron chi connectivity index (χ1n) is 4.45. The van der Waals surface area contributed by atoms with Gasteiger partial charge in [-0.2, -0.15) is 0 Å². The smallest absolute Gasteiger partial charge is 0.00416 e. The third-order valence-corrected chi connectivity index (χ3v) is 3.79. The van der Waals surface area contributed by atoms with Crippen LogP contribution in [0.15, 0.2) is 0 Å². The van der Waals surface area contributed by atoms with E-state index in [0.717, 1.165) is 23.7 Å². The summed E-state index contributed by atoms with van der Waals surface area (Å²) in [4.78, 5) is 0. The van der Waals surface area contributed by atoms with Crippen molar-refractivity contribution in [3.63, 3.8) is 0 Å². The molecule has 1 nitrogen and oxygen atoms in total. The Balaban J connectivity index is 2.04. The van der Waals surface area contributed by atoms with Crippen molar-refractivity contribution in [3.8, 4) is 0 Å². The first kappa shape index (κ1) is 6.66. The molecule has 3 fully saturated rings. The Bertz CT molecular complexity index is 142. The maximum Gasteiger partial charge on any atom is 0.00416 e. The normalized spacial score (nSPS) is 54.3. The van der Waals surface area contributed by atoms with E-state index in [-0.39, 0.29) is 0 Å². The third kappa shape index (κ3) is 0.672. The zero-order chi connectivity index (χ0) is 7.30. The molecule has 0 spiro atoms. The van der Waals surface area contributed by atoms with Crippen LogP contribution >= 0.6 is 0 Å². The van der Waals surface area contributed by atoms with Crippen LogP contribution in [0.4, 0.5) is 0 Å². The minimum atomic E-state index is 0.444. The van der Waals surface area contributed by atoms with Crippen LogP contribution in [0.1, 0.15) is 26.7 Å². The number of fused-ring (bicyclic) bond motifs is 1. The van der Waals surface area contributed by atoms with Crippen LogP contribution in [0.25, 0.3) is 0 Å². The van der Waals surface area contributed by atoms with Gasteiger partial charge in [0.15, 0.2) is 0 Å². The van der Waals surface area contributed by atoms with E-state index in [4.69, 9.17) is 5.73 Å². The van der Waals surface area contributed by atoms with Crippen LogP contribution in [0.2, 0.25) is 0 Å². The fourth-order valence-electron chi connectivity index (χ4n) is 2.94. The first-order valence-corrected chi connectivity index (χ1v) is 4.45. The lowest BCUT2D eigenvalue weighted by Crippen LogP contribution is -2.33. The molecule has 4 unspecified atom stereocenters. The predicted molar refractivity (Wildman–Crippen MR) is 42.5 cm³/mol. The molecule has 5 atom stereocenters. The lowest BCUT2D eigenvalue weighted by atomic mass is 9.71. The Morgan fingerprint density at radius 1 is 1.40 bits per heavy atom. The van der Waals surface area contributed by atoms with Gasteiger partial charge in [-0.15, -0.1) is 0 Å².